The molecule has 23 heavy (non-hydrogen) atoms. The highest BCUT2D eigenvalue weighted by Gasteiger charge is 2.11. The van der Waals surface area contributed by atoms with Crippen LogP contribution in [-0.2, 0) is 22.7 Å². The molecule has 1 atom stereocenters. The molecule has 0 aromatic heterocycles. The Kier molecular flexibility index (Phi) is 6.78. The van der Waals surface area contributed by atoms with Crippen molar-refractivity contribution in [3.8, 4) is 0 Å². The number of ether oxygens (including phenoxy) is 1. The molecule has 0 spiro atoms. The average Bonchev–Trinajstić information content (AvgIpc) is 2.59. The summed E-state index contributed by atoms with van der Waals surface area (Å²) in [4.78, 5) is 12.1. The molecule has 0 aliphatic rings. The van der Waals surface area contributed by atoms with Crippen molar-refractivity contribution in [3.63, 3.8) is 0 Å². The van der Waals surface area contributed by atoms with Gasteiger partial charge >= 0.3 is 0 Å². The van der Waals surface area contributed by atoms with Crippen LogP contribution in [0.5, 0.6) is 0 Å². The standard InChI is InChI=1S/C19H24N2O2/c1-2-23-14-17-11-7-6-10-16(17)13-21-19(22)12-18(20)15-8-4-3-5-9-15/h3-11,18H,2,12-14,20H2,1H3,(H,21,22). The van der Waals surface area contributed by atoms with Gasteiger partial charge in [-0.05, 0) is 23.6 Å². The Morgan fingerprint density at radius 3 is 2.43 bits per heavy atom. The number of benzene rings is 2. The number of carbonyl (C=O) groups is 1. The summed E-state index contributed by atoms with van der Waals surface area (Å²) in [5.41, 5.74) is 9.22. The normalized spacial score (nSPS) is 11.9. The van der Waals surface area contributed by atoms with Crippen LogP contribution in [0.15, 0.2) is 54.6 Å². The molecular formula is C19H24N2O2. The number of hydrogen-bond acceptors (Lipinski definition) is 3. The maximum absolute atomic E-state index is 12.1. The quantitative estimate of drug-likeness (QED) is 0.787. The van der Waals surface area contributed by atoms with Gasteiger partial charge in [0.25, 0.3) is 0 Å². The van der Waals surface area contributed by atoms with Crippen molar-refractivity contribution < 1.29 is 9.53 Å². The summed E-state index contributed by atoms with van der Waals surface area (Å²) in [5.74, 6) is -0.0485. The molecule has 2 rings (SSSR count). The van der Waals surface area contributed by atoms with E-state index in [1.807, 2.05) is 61.5 Å². The Balaban J connectivity index is 1.87. The highest BCUT2D eigenvalue weighted by Crippen LogP contribution is 2.14. The minimum atomic E-state index is -0.283. The van der Waals surface area contributed by atoms with E-state index in [2.05, 4.69) is 5.32 Å². The predicted octanol–water partition coefficient (Wildman–Crippen LogP) is 2.93. The lowest BCUT2D eigenvalue weighted by Gasteiger charge is -2.14. The molecule has 4 heteroatoms. The first-order valence-electron chi connectivity index (χ1n) is 7.92. The van der Waals surface area contributed by atoms with Gasteiger partial charge in [-0.15, -0.1) is 0 Å². The van der Waals surface area contributed by atoms with Crippen molar-refractivity contribution >= 4 is 5.91 Å². The van der Waals surface area contributed by atoms with Crippen LogP contribution in [0.25, 0.3) is 0 Å². The number of nitrogens with two attached hydrogens (primary N) is 1. The molecule has 0 radical (unpaired) electrons. The third-order valence-corrected chi connectivity index (χ3v) is 3.69. The van der Waals surface area contributed by atoms with E-state index in [0.29, 0.717) is 19.8 Å². The summed E-state index contributed by atoms with van der Waals surface area (Å²) in [6.07, 6.45) is 0.275. The lowest BCUT2D eigenvalue weighted by molar-refractivity contribution is -0.121. The molecule has 0 bridgehead atoms. The van der Waals surface area contributed by atoms with E-state index in [-0.39, 0.29) is 18.4 Å². The van der Waals surface area contributed by atoms with E-state index in [9.17, 15) is 4.79 Å². The molecule has 0 aliphatic heterocycles. The van der Waals surface area contributed by atoms with Crippen LogP contribution < -0.4 is 11.1 Å². The molecule has 0 heterocycles. The van der Waals surface area contributed by atoms with Crippen LogP contribution in [0.2, 0.25) is 0 Å². The second-order valence-corrected chi connectivity index (χ2v) is 5.40. The summed E-state index contributed by atoms with van der Waals surface area (Å²) in [6.45, 7) is 3.69. The second kappa shape index (κ2) is 9.08. The second-order valence-electron chi connectivity index (χ2n) is 5.40. The lowest BCUT2D eigenvalue weighted by Crippen LogP contribution is -2.27. The van der Waals surface area contributed by atoms with Crippen LogP contribution in [0.1, 0.15) is 36.1 Å². The minimum Gasteiger partial charge on any atom is -0.377 e. The van der Waals surface area contributed by atoms with Crippen LogP contribution in [0, 0.1) is 0 Å². The number of amides is 1. The van der Waals surface area contributed by atoms with Crippen LogP contribution >= 0.6 is 0 Å². The van der Waals surface area contributed by atoms with E-state index in [1.54, 1.807) is 0 Å². The lowest BCUT2D eigenvalue weighted by atomic mass is 10.0. The SMILES string of the molecule is CCOCc1ccccc1CNC(=O)CC(N)c1ccccc1. The maximum atomic E-state index is 12.1. The maximum Gasteiger partial charge on any atom is 0.222 e. The molecular weight excluding hydrogens is 288 g/mol. The Hall–Kier alpha value is -2.17. The third kappa shape index (κ3) is 5.51. The van der Waals surface area contributed by atoms with E-state index in [4.69, 9.17) is 10.5 Å². The highest BCUT2D eigenvalue weighted by molar-refractivity contribution is 5.76. The van der Waals surface area contributed by atoms with E-state index in [0.717, 1.165) is 16.7 Å². The van der Waals surface area contributed by atoms with Gasteiger partial charge in [-0.3, -0.25) is 4.79 Å². The van der Waals surface area contributed by atoms with E-state index >= 15 is 0 Å². The fraction of sp³-hybridized carbons (Fsp3) is 0.316. The summed E-state index contributed by atoms with van der Waals surface area (Å²) < 4.78 is 5.46. The first-order chi connectivity index (χ1) is 11.2. The molecule has 3 N–H and O–H groups in total. The average molecular weight is 312 g/mol. The number of hydrogen-bond donors (Lipinski definition) is 2. The molecule has 0 fully saturated rings. The van der Waals surface area contributed by atoms with Crippen LogP contribution in [0.3, 0.4) is 0 Å². The van der Waals surface area contributed by atoms with Gasteiger partial charge in [0, 0.05) is 25.6 Å². The van der Waals surface area contributed by atoms with Crippen molar-refractivity contribution in [2.45, 2.75) is 32.5 Å². The predicted molar refractivity (Wildman–Crippen MR) is 91.6 cm³/mol. The van der Waals surface area contributed by atoms with E-state index in [1.165, 1.54) is 0 Å². The Morgan fingerprint density at radius 2 is 1.74 bits per heavy atom. The summed E-state index contributed by atoms with van der Waals surface area (Å²) in [5, 5.41) is 2.94. The largest absolute Gasteiger partial charge is 0.377 e. The van der Waals surface area contributed by atoms with Crippen molar-refractivity contribution in [3.05, 3.63) is 71.3 Å². The summed E-state index contributed by atoms with van der Waals surface area (Å²) in [6, 6.07) is 17.4. The fourth-order valence-electron chi connectivity index (χ4n) is 2.37. The smallest absolute Gasteiger partial charge is 0.222 e. The van der Waals surface area contributed by atoms with Gasteiger partial charge < -0.3 is 15.8 Å². The van der Waals surface area contributed by atoms with Gasteiger partial charge in [0.2, 0.25) is 5.91 Å². The molecule has 122 valence electrons. The molecule has 1 unspecified atom stereocenters. The van der Waals surface area contributed by atoms with Crippen LogP contribution in [-0.4, -0.2) is 12.5 Å². The third-order valence-electron chi connectivity index (χ3n) is 3.69. The minimum absolute atomic E-state index is 0.0485. The molecule has 1 amide bonds. The van der Waals surface area contributed by atoms with Crippen molar-refractivity contribution in [2.24, 2.45) is 5.73 Å². The molecule has 2 aromatic rings. The highest BCUT2D eigenvalue weighted by atomic mass is 16.5. The van der Waals surface area contributed by atoms with Gasteiger partial charge in [0.1, 0.15) is 0 Å². The zero-order valence-electron chi connectivity index (χ0n) is 13.5. The fourth-order valence-corrected chi connectivity index (χ4v) is 2.37. The first kappa shape index (κ1) is 17.2. The summed E-state index contributed by atoms with van der Waals surface area (Å²) in [7, 11) is 0. The Labute approximate surface area is 137 Å². The van der Waals surface area contributed by atoms with Gasteiger partial charge in [-0.2, -0.15) is 0 Å². The first-order valence-corrected chi connectivity index (χ1v) is 7.92. The summed E-state index contributed by atoms with van der Waals surface area (Å²) >= 11 is 0. The number of rotatable bonds is 8. The number of carbonyl (C=O) groups excluding carboxylic acids is 1. The molecule has 0 aliphatic carbocycles. The van der Waals surface area contributed by atoms with Crippen LogP contribution in [0.4, 0.5) is 0 Å². The zero-order valence-corrected chi connectivity index (χ0v) is 13.5. The van der Waals surface area contributed by atoms with Gasteiger partial charge in [-0.1, -0.05) is 54.6 Å². The Morgan fingerprint density at radius 1 is 1.09 bits per heavy atom. The van der Waals surface area contributed by atoms with Crippen molar-refractivity contribution in [1.82, 2.24) is 5.32 Å². The molecule has 2 aromatic carbocycles. The monoisotopic (exact) mass is 312 g/mol. The number of nitrogens with one attached hydrogen (secondary N) is 1. The molecule has 0 saturated carbocycles. The zero-order chi connectivity index (χ0) is 16.5. The topological polar surface area (TPSA) is 64.3 Å². The van der Waals surface area contributed by atoms with E-state index < -0.39 is 0 Å². The van der Waals surface area contributed by atoms with Gasteiger partial charge in [0.15, 0.2) is 0 Å². The Bertz CT molecular complexity index is 614. The van der Waals surface area contributed by atoms with Gasteiger partial charge in [0.05, 0.1) is 6.61 Å². The molecule has 4 nitrogen and oxygen atoms in total. The van der Waals surface area contributed by atoms with Gasteiger partial charge in [-0.25, -0.2) is 0 Å². The molecule has 0 saturated heterocycles. The van der Waals surface area contributed by atoms with Crippen molar-refractivity contribution in [2.75, 3.05) is 6.61 Å². The van der Waals surface area contributed by atoms with Crippen molar-refractivity contribution in [1.29, 1.82) is 0 Å².